The van der Waals surface area contributed by atoms with Gasteiger partial charge in [0.05, 0.1) is 12.6 Å². The number of amides is 3. The van der Waals surface area contributed by atoms with Crippen molar-refractivity contribution in [3.63, 3.8) is 0 Å². The van der Waals surface area contributed by atoms with Gasteiger partial charge in [-0.3, -0.25) is 19.9 Å². The lowest BCUT2D eigenvalue weighted by atomic mass is 9.88. The van der Waals surface area contributed by atoms with Crippen molar-refractivity contribution in [2.24, 2.45) is 4.99 Å². The average Bonchev–Trinajstić information content (AvgIpc) is 3.00. The molecule has 1 fully saturated rings. The lowest BCUT2D eigenvalue weighted by Gasteiger charge is -2.28. The molecule has 1 aromatic heterocycles. The minimum absolute atomic E-state index is 0.00868. The van der Waals surface area contributed by atoms with Gasteiger partial charge in [0.2, 0.25) is 0 Å². The number of dihydropyridines is 1. The number of nitrogens with zero attached hydrogens (tertiary/aromatic N) is 2. The second kappa shape index (κ2) is 6.92. The molecule has 1 aromatic carbocycles. The van der Waals surface area contributed by atoms with E-state index in [2.05, 4.69) is 21.7 Å². The summed E-state index contributed by atoms with van der Waals surface area (Å²) in [7, 11) is 0. The first-order valence-corrected chi connectivity index (χ1v) is 9.08. The Morgan fingerprint density at radius 2 is 1.96 bits per heavy atom. The van der Waals surface area contributed by atoms with Crippen LogP contribution in [0.15, 0.2) is 64.5 Å². The normalized spacial score (nSPS) is 23.5. The molecule has 2 atom stereocenters. The molecule has 142 valence electrons. The molecule has 28 heavy (non-hydrogen) atoms. The third-order valence-corrected chi connectivity index (χ3v) is 5.20. The average molecular weight is 376 g/mol. The smallest absolute Gasteiger partial charge is 0.318 e. The van der Waals surface area contributed by atoms with Gasteiger partial charge in [0.15, 0.2) is 5.54 Å². The van der Waals surface area contributed by atoms with Crippen molar-refractivity contribution in [3.05, 3.63) is 81.8 Å². The molecule has 3 amide bonds. The number of nitrogens with one attached hydrogen (secondary N) is 2. The van der Waals surface area contributed by atoms with Crippen molar-refractivity contribution in [1.82, 2.24) is 15.2 Å². The zero-order valence-electron chi connectivity index (χ0n) is 15.4. The molecular formula is C21H20N4O3. The summed E-state index contributed by atoms with van der Waals surface area (Å²) in [6, 6.07) is 10.4. The number of aromatic nitrogens is 1. The highest BCUT2D eigenvalue weighted by molar-refractivity contribution is 6.07. The first-order valence-electron chi connectivity index (χ1n) is 9.08. The minimum atomic E-state index is -1.34. The second-order valence-electron chi connectivity index (χ2n) is 7.04. The van der Waals surface area contributed by atoms with Crippen LogP contribution in [0.3, 0.4) is 0 Å². The Labute approximate surface area is 161 Å². The molecular weight excluding hydrogens is 356 g/mol. The molecule has 2 aliphatic rings. The fourth-order valence-electron chi connectivity index (χ4n) is 3.63. The first kappa shape index (κ1) is 17.9. The van der Waals surface area contributed by atoms with Crippen molar-refractivity contribution in [2.45, 2.75) is 31.5 Å². The maximum Gasteiger partial charge on any atom is 0.322 e. The van der Waals surface area contributed by atoms with Crippen LogP contribution in [0.1, 0.15) is 29.2 Å². The molecule has 1 saturated heterocycles. The Hall–Kier alpha value is -3.48. The van der Waals surface area contributed by atoms with Crippen LogP contribution in [0, 0.1) is 6.92 Å². The van der Waals surface area contributed by atoms with Crippen molar-refractivity contribution in [2.75, 3.05) is 0 Å². The maximum atomic E-state index is 12.8. The van der Waals surface area contributed by atoms with E-state index in [1.54, 1.807) is 31.5 Å². The van der Waals surface area contributed by atoms with Crippen LogP contribution in [0.4, 0.5) is 4.79 Å². The van der Waals surface area contributed by atoms with Gasteiger partial charge < -0.3 is 9.88 Å². The van der Waals surface area contributed by atoms with Gasteiger partial charge in [-0.05, 0) is 36.6 Å². The van der Waals surface area contributed by atoms with E-state index in [1.807, 2.05) is 30.3 Å². The highest BCUT2D eigenvalue weighted by Gasteiger charge is 2.48. The lowest BCUT2D eigenvalue weighted by molar-refractivity contribution is -0.124. The number of pyridine rings is 1. The van der Waals surface area contributed by atoms with Crippen molar-refractivity contribution in [1.29, 1.82) is 0 Å². The van der Waals surface area contributed by atoms with Crippen LogP contribution in [-0.4, -0.2) is 22.7 Å². The zero-order valence-corrected chi connectivity index (χ0v) is 15.4. The molecule has 0 saturated carbocycles. The maximum absolute atomic E-state index is 12.8. The molecule has 0 aliphatic carbocycles. The summed E-state index contributed by atoms with van der Waals surface area (Å²) in [5.74, 6) is -0.475. The van der Waals surface area contributed by atoms with Crippen molar-refractivity contribution < 1.29 is 9.59 Å². The number of hydrogen-bond acceptors (Lipinski definition) is 4. The molecule has 2 aliphatic heterocycles. The number of carbonyl (C=O) groups excluding carboxylic acids is 2. The fourth-order valence-corrected chi connectivity index (χ4v) is 3.63. The lowest BCUT2D eigenvalue weighted by Crippen LogP contribution is -2.49. The third-order valence-electron chi connectivity index (χ3n) is 5.20. The van der Waals surface area contributed by atoms with Crippen LogP contribution in [-0.2, 0) is 16.9 Å². The standard InChI is InChI=1S/C21H20N4O3/c1-14-5-4-12-25(18(14)26)13-21(19(27)23-20(28)24-21)16-9-7-15(8-10-16)17-6-2-3-11-22-17/h2-5,7-12,17H,6,13H2,1H3,(H2,23,24,27,28). The summed E-state index contributed by atoms with van der Waals surface area (Å²) in [5.41, 5.74) is 0.667. The molecule has 2 N–H and O–H groups in total. The summed E-state index contributed by atoms with van der Waals surface area (Å²) >= 11 is 0. The first-order chi connectivity index (χ1) is 13.5. The summed E-state index contributed by atoms with van der Waals surface area (Å²) in [6.07, 6.45) is 8.18. The number of aliphatic imine (C=N–C) groups is 1. The van der Waals surface area contributed by atoms with E-state index in [0.717, 1.165) is 12.0 Å². The number of aryl methyl sites for hydroxylation is 1. The minimum Gasteiger partial charge on any atom is -0.318 e. The van der Waals surface area contributed by atoms with Gasteiger partial charge in [0.25, 0.3) is 11.5 Å². The Bertz CT molecular complexity index is 1050. The molecule has 3 heterocycles. The summed E-state index contributed by atoms with van der Waals surface area (Å²) in [6.45, 7) is 1.72. The molecule has 7 nitrogen and oxygen atoms in total. The van der Waals surface area contributed by atoms with Gasteiger partial charge in [-0.15, -0.1) is 0 Å². The Morgan fingerprint density at radius 3 is 2.61 bits per heavy atom. The van der Waals surface area contributed by atoms with Gasteiger partial charge in [0.1, 0.15) is 0 Å². The number of imide groups is 1. The summed E-state index contributed by atoms with van der Waals surface area (Å²) in [5, 5.41) is 5.03. The van der Waals surface area contributed by atoms with E-state index in [0.29, 0.717) is 11.1 Å². The van der Waals surface area contributed by atoms with Crippen molar-refractivity contribution in [3.8, 4) is 0 Å². The number of urea groups is 1. The van der Waals surface area contributed by atoms with Crippen LogP contribution in [0.25, 0.3) is 0 Å². The fraction of sp³-hybridized carbons (Fsp3) is 0.238. The monoisotopic (exact) mass is 376 g/mol. The van der Waals surface area contributed by atoms with Gasteiger partial charge in [-0.2, -0.15) is 0 Å². The van der Waals surface area contributed by atoms with Crippen LogP contribution in [0.5, 0.6) is 0 Å². The van der Waals surface area contributed by atoms with Gasteiger partial charge in [0, 0.05) is 18.0 Å². The molecule has 0 spiro atoms. The Balaban J connectivity index is 1.72. The molecule has 0 radical (unpaired) electrons. The number of benzene rings is 1. The van der Waals surface area contributed by atoms with E-state index in [-0.39, 0.29) is 18.1 Å². The Kier molecular flexibility index (Phi) is 4.43. The number of allylic oxidation sites excluding steroid dienone is 1. The van der Waals surface area contributed by atoms with Crippen LogP contribution < -0.4 is 16.2 Å². The highest BCUT2D eigenvalue weighted by atomic mass is 16.2. The van der Waals surface area contributed by atoms with Gasteiger partial charge >= 0.3 is 6.03 Å². The Morgan fingerprint density at radius 1 is 1.18 bits per heavy atom. The SMILES string of the molecule is Cc1cccn(CC2(c3ccc(C4CC=CC=N4)cc3)NC(=O)NC2=O)c1=O. The number of rotatable bonds is 4. The largest absolute Gasteiger partial charge is 0.322 e. The second-order valence-corrected chi connectivity index (χ2v) is 7.04. The van der Waals surface area contributed by atoms with E-state index >= 15 is 0 Å². The summed E-state index contributed by atoms with van der Waals surface area (Å²) in [4.78, 5) is 41.6. The van der Waals surface area contributed by atoms with Crippen LogP contribution >= 0.6 is 0 Å². The molecule has 2 unspecified atom stereocenters. The van der Waals surface area contributed by atoms with Crippen LogP contribution in [0.2, 0.25) is 0 Å². The molecule has 4 rings (SSSR count). The molecule has 0 bridgehead atoms. The highest BCUT2D eigenvalue weighted by Crippen LogP contribution is 2.30. The predicted molar refractivity (Wildman–Crippen MR) is 105 cm³/mol. The van der Waals surface area contributed by atoms with E-state index in [1.165, 1.54) is 4.57 Å². The van der Waals surface area contributed by atoms with E-state index in [4.69, 9.17) is 0 Å². The number of hydrogen-bond donors (Lipinski definition) is 2. The third kappa shape index (κ3) is 3.05. The summed E-state index contributed by atoms with van der Waals surface area (Å²) < 4.78 is 1.45. The van der Waals surface area contributed by atoms with E-state index in [9.17, 15) is 14.4 Å². The molecule has 2 aromatic rings. The number of carbonyl (C=O) groups is 2. The predicted octanol–water partition coefficient (Wildman–Crippen LogP) is 1.96. The molecule has 7 heteroatoms. The van der Waals surface area contributed by atoms with Gasteiger partial charge in [-0.25, -0.2) is 4.79 Å². The van der Waals surface area contributed by atoms with Gasteiger partial charge in [-0.1, -0.05) is 36.4 Å². The topological polar surface area (TPSA) is 92.6 Å². The van der Waals surface area contributed by atoms with E-state index < -0.39 is 17.5 Å². The quantitative estimate of drug-likeness (QED) is 0.799. The zero-order chi connectivity index (χ0) is 19.7. The van der Waals surface area contributed by atoms with Crippen molar-refractivity contribution >= 4 is 18.2 Å².